The smallest absolute Gasteiger partial charge is 0.276 e. The zero-order chi connectivity index (χ0) is 17.9. The Morgan fingerprint density at radius 3 is 2.77 bits per heavy atom. The van der Waals surface area contributed by atoms with E-state index in [0.29, 0.717) is 17.3 Å². The average molecular weight is 370 g/mol. The molecule has 7 heteroatoms. The fourth-order valence-corrected chi connectivity index (χ4v) is 3.72. The average Bonchev–Trinajstić information content (AvgIpc) is 3.31. The van der Waals surface area contributed by atoms with Crippen molar-refractivity contribution in [3.8, 4) is 11.5 Å². The van der Waals surface area contributed by atoms with Crippen LogP contribution in [0.25, 0.3) is 0 Å². The summed E-state index contributed by atoms with van der Waals surface area (Å²) in [4.78, 5) is 20.0. The minimum Gasteiger partial charge on any atom is -0.497 e. The lowest BCUT2D eigenvalue weighted by atomic mass is 10.0. The van der Waals surface area contributed by atoms with Gasteiger partial charge in [-0.3, -0.25) is 4.79 Å². The Labute approximate surface area is 155 Å². The molecule has 1 fully saturated rings. The van der Waals surface area contributed by atoms with Gasteiger partial charge in [0.25, 0.3) is 5.91 Å². The Hall–Kier alpha value is -2.80. The number of hydrogen-bond donors (Lipinski definition) is 0. The molecule has 26 heavy (non-hydrogen) atoms. The maximum absolute atomic E-state index is 12.6. The van der Waals surface area contributed by atoms with Crippen LogP contribution in [0.15, 0.2) is 52.5 Å². The summed E-state index contributed by atoms with van der Waals surface area (Å²) >= 11 is 1.67. The standard InChI is InChI=1S/C19H18N2O4S/c1-23-13-4-6-14(7-5-13)24-12-18-20-15(11-25-18)19(22)21-9-8-16(21)17-3-2-10-26-17/h2-7,10-11,16H,8-9,12H2,1H3. The van der Waals surface area contributed by atoms with Gasteiger partial charge in [-0.15, -0.1) is 11.3 Å². The van der Waals surface area contributed by atoms with Crippen molar-refractivity contribution in [1.82, 2.24) is 9.88 Å². The van der Waals surface area contributed by atoms with E-state index in [2.05, 4.69) is 11.1 Å². The molecule has 1 aliphatic heterocycles. The number of ether oxygens (including phenoxy) is 2. The molecule has 2 aromatic heterocycles. The summed E-state index contributed by atoms with van der Waals surface area (Å²) in [5.74, 6) is 1.71. The van der Waals surface area contributed by atoms with Crippen molar-refractivity contribution in [1.29, 1.82) is 0 Å². The second-order valence-corrected chi connectivity index (χ2v) is 6.89. The normalized spacial score (nSPS) is 16.2. The van der Waals surface area contributed by atoms with Gasteiger partial charge in [0, 0.05) is 11.4 Å². The highest BCUT2D eigenvalue weighted by Crippen LogP contribution is 2.36. The molecule has 1 saturated heterocycles. The number of thiophene rings is 1. The van der Waals surface area contributed by atoms with Crippen LogP contribution in [0, 0.1) is 0 Å². The first-order chi connectivity index (χ1) is 12.7. The Balaban J connectivity index is 1.37. The summed E-state index contributed by atoms with van der Waals surface area (Å²) in [6.45, 7) is 0.903. The van der Waals surface area contributed by atoms with E-state index in [4.69, 9.17) is 13.9 Å². The molecule has 0 saturated carbocycles. The summed E-state index contributed by atoms with van der Waals surface area (Å²) in [5.41, 5.74) is 0.319. The summed E-state index contributed by atoms with van der Waals surface area (Å²) in [5, 5.41) is 2.03. The van der Waals surface area contributed by atoms with Gasteiger partial charge < -0.3 is 18.8 Å². The molecule has 1 amide bonds. The van der Waals surface area contributed by atoms with Crippen molar-refractivity contribution in [2.45, 2.75) is 19.1 Å². The Morgan fingerprint density at radius 1 is 1.31 bits per heavy atom. The van der Waals surface area contributed by atoms with Crippen LogP contribution in [0.5, 0.6) is 11.5 Å². The van der Waals surface area contributed by atoms with E-state index < -0.39 is 0 Å². The fraction of sp³-hybridized carbons (Fsp3) is 0.263. The number of methoxy groups -OCH3 is 1. The maximum atomic E-state index is 12.6. The van der Waals surface area contributed by atoms with Crippen LogP contribution in [0.3, 0.4) is 0 Å². The molecule has 1 unspecified atom stereocenters. The number of nitrogens with zero attached hydrogens (tertiary/aromatic N) is 2. The van der Waals surface area contributed by atoms with Crippen LogP contribution in [0.2, 0.25) is 0 Å². The molecule has 0 N–H and O–H groups in total. The molecule has 1 aliphatic rings. The first kappa shape index (κ1) is 16.7. The summed E-state index contributed by atoms with van der Waals surface area (Å²) in [6.07, 6.45) is 2.39. The van der Waals surface area contributed by atoms with E-state index in [1.807, 2.05) is 28.5 Å². The maximum Gasteiger partial charge on any atom is 0.276 e. The molecule has 0 bridgehead atoms. The van der Waals surface area contributed by atoms with Gasteiger partial charge in [-0.2, -0.15) is 0 Å². The van der Waals surface area contributed by atoms with E-state index in [1.165, 1.54) is 11.1 Å². The summed E-state index contributed by atoms with van der Waals surface area (Å²) < 4.78 is 16.1. The van der Waals surface area contributed by atoms with Gasteiger partial charge in [-0.1, -0.05) is 6.07 Å². The van der Waals surface area contributed by atoms with Crippen molar-refractivity contribution < 1.29 is 18.7 Å². The van der Waals surface area contributed by atoms with Gasteiger partial charge in [-0.25, -0.2) is 4.98 Å². The fourth-order valence-electron chi connectivity index (χ4n) is 2.85. The van der Waals surface area contributed by atoms with Gasteiger partial charge in [0.05, 0.1) is 13.2 Å². The minimum absolute atomic E-state index is 0.103. The van der Waals surface area contributed by atoms with E-state index in [-0.39, 0.29) is 18.6 Å². The molecule has 0 spiro atoms. The second kappa shape index (κ2) is 7.21. The zero-order valence-corrected chi connectivity index (χ0v) is 15.1. The number of oxazole rings is 1. The van der Waals surface area contributed by atoms with E-state index in [9.17, 15) is 4.79 Å². The highest BCUT2D eigenvalue weighted by molar-refractivity contribution is 7.10. The summed E-state index contributed by atoms with van der Waals surface area (Å²) in [7, 11) is 1.61. The largest absolute Gasteiger partial charge is 0.497 e. The van der Waals surface area contributed by atoms with Crippen molar-refractivity contribution in [3.05, 3.63) is 64.5 Å². The number of hydrogen-bond acceptors (Lipinski definition) is 6. The molecule has 0 aliphatic carbocycles. The van der Waals surface area contributed by atoms with Crippen molar-refractivity contribution >= 4 is 17.2 Å². The van der Waals surface area contributed by atoms with Gasteiger partial charge >= 0.3 is 0 Å². The Kier molecular flexibility index (Phi) is 4.62. The van der Waals surface area contributed by atoms with Crippen LogP contribution in [0.4, 0.5) is 0 Å². The van der Waals surface area contributed by atoms with Crippen molar-refractivity contribution in [3.63, 3.8) is 0 Å². The Bertz CT molecular complexity index is 873. The summed E-state index contributed by atoms with van der Waals surface area (Å²) in [6, 6.07) is 11.5. The first-order valence-corrected chi connectivity index (χ1v) is 9.18. The number of carbonyl (C=O) groups is 1. The topological polar surface area (TPSA) is 64.8 Å². The molecule has 1 aromatic carbocycles. The highest BCUT2D eigenvalue weighted by atomic mass is 32.1. The molecule has 4 rings (SSSR count). The molecular formula is C19H18N2O4S. The van der Waals surface area contributed by atoms with Crippen LogP contribution < -0.4 is 9.47 Å². The lowest BCUT2D eigenvalue weighted by Gasteiger charge is -2.39. The molecule has 6 nitrogen and oxygen atoms in total. The second-order valence-electron chi connectivity index (χ2n) is 5.91. The SMILES string of the molecule is COc1ccc(OCc2nc(C(=O)N3CCC3c3cccs3)co2)cc1. The van der Waals surface area contributed by atoms with Crippen LogP contribution in [-0.4, -0.2) is 29.4 Å². The molecule has 134 valence electrons. The molecular weight excluding hydrogens is 352 g/mol. The van der Waals surface area contributed by atoms with Gasteiger partial charge in [-0.05, 0) is 42.1 Å². The third-order valence-electron chi connectivity index (χ3n) is 4.34. The van der Waals surface area contributed by atoms with Gasteiger partial charge in [0.15, 0.2) is 12.3 Å². The number of carbonyl (C=O) groups excluding carboxylic acids is 1. The zero-order valence-electron chi connectivity index (χ0n) is 14.3. The predicted octanol–water partition coefficient (Wildman–Crippen LogP) is 3.91. The lowest BCUT2D eigenvalue weighted by molar-refractivity contribution is 0.0461. The molecule has 3 heterocycles. The van der Waals surface area contributed by atoms with Gasteiger partial charge in [0.2, 0.25) is 5.89 Å². The van der Waals surface area contributed by atoms with E-state index in [0.717, 1.165) is 18.7 Å². The third kappa shape index (κ3) is 3.30. The molecule has 1 atom stereocenters. The predicted molar refractivity (Wildman–Crippen MR) is 96.5 cm³/mol. The van der Waals surface area contributed by atoms with Gasteiger partial charge in [0.1, 0.15) is 17.8 Å². The number of aromatic nitrogens is 1. The molecule has 0 radical (unpaired) electrons. The first-order valence-electron chi connectivity index (χ1n) is 8.30. The number of likely N-dealkylation sites (tertiary alicyclic amines) is 1. The Morgan fingerprint density at radius 2 is 2.12 bits per heavy atom. The van der Waals surface area contributed by atoms with Crippen LogP contribution in [-0.2, 0) is 6.61 Å². The van der Waals surface area contributed by atoms with E-state index >= 15 is 0 Å². The van der Waals surface area contributed by atoms with Crippen molar-refractivity contribution in [2.75, 3.05) is 13.7 Å². The number of rotatable bonds is 6. The number of amides is 1. The molecule has 3 aromatic rings. The van der Waals surface area contributed by atoms with Crippen molar-refractivity contribution in [2.24, 2.45) is 0 Å². The lowest BCUT2D eigenvalue weighted by Crippen LogP contribution is -2.44. The minimum atomic E-state index is -0.103. The monoisotopic (exact) mass is 370 g/mol. The number of benzene rings is 1. The third-order valence-corrected chi connectivity index (χ3v) is 5.32. The van der Waals surface area contributed by atoms with Crippen LogP contribution in [0.1, 0.15) is 33.7 Å². The highest BCUT2D eigenvalue weighted by Gasteiger charge is 2.35. The quantitative estimate of drug-likeness (QED) is 0.658. The van der Waals surface area contributed by atoms with Crippen LogP contribution >= 0.6 is 11.3 Å². The van der Waals surface area contributed by atoms with E-state index in [1.54, 1.807) is 30.6 Å².